The molecular formula is C26H20O2. The summed E-state index contributed by atoms with van der Waals surface area (Å²) in [6.45, 7) is 0. The van der Waals surface area contributed by atoms with Gasteiger partial charge in [0.2, 0.25) is 0 Å². The van der Waals surface area contributed by atoms with Crippen LogP contribution in [0.25, 0.3) is 10.8 Å². The molecule has 7 atom stereocenters. The van der Waals surface area contributed by atoms with Crippen molar-refractivity contribution in [1.29, 1.82) is 0 Å². The van der Waals surface area contributed by atoms with Gasteiger partial charge >= 0.3 is 0 Å². The van der Waals surface area contributed by atoms with Crippen LogP contribution in [0.3, 0.4) is 0 Å². The minimum absolute atomic E-state index is 0.0188. The van der Waals surface area contributed by atoms with Crippen molar-refractivity contribution in [2.75, 3.05) is 0 Å². The van der Waals surface area contributed by atoms with Gasteiger partial charge < -0.3 is 4.74 Å². The zero-order valence-corrected chi connectivity index (χ0v) is 15.4. The molecule has 0 N–H and O–H groups in total. The number of hydrogen-bond donors (Lipinski definition) is 0. The summed E-state index contributed by atoms with van der Waals surface area (Å²) in [5.74, 6) is 0.800. The third kappa shape index (κ3) is 1.59. The summed E-state index contributed by atoms with van der Waals surface area (Å²) in [4.78, 5) is 13.1. The highest BCUT2D eigenvalue weighted by Crippen LogP contribution is 2.66. The Morgan fingerprint density at radius 1 is 0.821 bits per heavy atom. The molecule has 5 aliphatic carbocycles. The maximum Gasteiger partial charge on any atom is 0.165 e. The summed E-state index contributed by atoms with van der Waals surface area (Å²) in [7, 11) is 0. The molecule has 0 saturated carbocycles. The van der Waals surface area contributed by atoms with Gasteiger partial charge in [-0.15, -0.1) is 0 Å². The van der Waals surface area contributed by atoms with E-state index >= 15 is 0 Å². The molecule has 6 aliphatic rings. The van der Waals surface area contributed by atoms with Gasteiger partial charge in [-0.25, -0.2) is 0 Å². The molecule has 1 fully saturated rings. The fourth-order valence-corrected chi connectivity index (χ4v) is 6.70. The third-order valence-electron chi connectivity index (χ3n) is 7.68. The van der Waals surface area contributed by atoms with Gasteiger partial charge in [0.25, 0.3) is 0 Å². The highest BCUT2D eigenvalue weighted by atomic mass is 16.5. The highest BCUT2D eigenvalue weighted by molar-refractivity contribution is 5.96. The van der Waals surface area contributed by atoms with Crippen LogP contribution in [-0.2, 0) is 9.53 Å². The summed E-state index contributed by atoms with van der Waals surface area (Å²) >= 11 is 0. The van der Waals surface area contributed by atoms with E-state index in [1.165, 1.54) is 21.9 Å². The minimum atomic E-state index is -0.505. The zero-order valence-electron chi connectivity index (χ0n) is 15.4. The van der Waals surface area contributed by atoms with Gasteiger partial charge in [-0.2, -0.15) is 0 Å². The normalized spacial score (nSPS) is 41.1. The van der Waals surface area contributed by atoms with Gasteiger partial charge in [-0.1, -0.05) is 78.9 Å². The average molecular weight is 364 g/mol. The quantitative estimate of drug-likeness (QED) is 0.612. The first kappa shape index (κ1) is 15.2. The number of fused-ring (bicyclic) bond motifs is 5. The van der Waals surface area contributed by atoms with Crippen molar-refractivity contribution in [1.82, 2.24) is 0 Å². The Kier molecular flexibility index (Phi) is 2.73. The SMILES string of the molecule is O=C1C=C[C@H]2C=C[C@@H]1[C@]13O[C@H]4c5cccc6cccc(c56)[C@H]4[C@@H]1C=CC=C[C@H]23. The van der Waals surface area contributed by atoms with Crippen molar-refractivity contribution in [2.45, 2.75) is 17.6 Å². The molecule has 1 spiro atoms. The van der Waals surface area contributed by atoms with E-state index in [9.17, 15) is 4.79 Å². The summed E-state index contributed by atoms with van der Waals surface area (Å²) in [5.41, 5.74) is 2.17. The smallest absolute Gasteiger partial charge is 0.165 e. The second-order valence-electron chi connectivity index (χ2n) is 8.73. The van der Waals surface area contributed by atoms with E-state index in [1.54, 1.807) is 6.08 Å². The van der Waals surface area contributed by atoms with Crippen molar-refractivity contribution in [2.24, 2.45) is 23.7 Å². The maximum absolute atomic E-state index is 13.1. The van der Waals surface area contributed by atoms with Crippen LogP contribution in [0.15, 0.2) is 85.0 Å². The molecule has 1 saturated heterocycles. The Labute approximate surface area is 163 Å². The van der Waals surface area contributed by atoms with Crippen LogP contribution in [0, 0.1) is 23.7 Å². The number of rotatable bonds is 0. The molecule has 8 rings (SSSR count). The predicted molar refractivity (Wildman–Crippen MR) is 109 cm³/mol. The lowest BCUT2D eigenvalue weighted by molar-refractivity contribution is -0.141. The molecule has 0 unspecified atom stereocenters. The van der Waals surface area contributed by atoms with Gasteiger partial charge in [-0.05, 0) is 28.0 Å². The molecule has 2 heteroatoms. The van der Waals surface area contributed by atoms with Crippen LogP contribution in [0.1, 0.15) is 23.1 Å². The molecule has 28 heavy (non-hydrogen) atoms. The molecule has 0 aromatic heterocycles. The first-order valence-electron chi connectivity index (χ1n) is 10.2. The Morgan fingerprint density at radius 2 is 1.61 bits per heavy atom. The van der Waals surface area contributed by atoms with E-state index < -0.39 is 5.60 Å². The van der Waals surface area contributed by atoms with Crippen molar-refractivity contribution >= 4 is 16.6 Å². The number of ether oxygens (including phenoxy) is 1. The fraction of sp³-hybridized carbons (Fsp3) is 0.269. The van der Waals surface area contributed by atoms with Gasteiger partial charge in [-0.3, -0.25) is 4.79 Å². The average Bonchev–Trinajstić information content (AvgIpc) is 2.96. The summed E-state index contributed by atoms with van der Waals surface area (Å²) < 4.78 is 7.10. The van der Waals surface area contributed by atoms with E-state index in [1.807, 2.05) is 0 Å². The molecule has 2 bridgehead atoms. The molecule has 0 amide bonds. The molecule has 0 radical (unpaired) electrons. The molecule has 2 nitrogen and oxygen atoms in total. The number of carbonyl (C=O) groups excluding carboxylic acids is 1. The van der Waals surface area contributed by atoms with Gasteiger partial charge in [0, 0.05) is 23.7 Å². The third-order valence-corrected chi connectivity index (χ3v) is 7.68. The lowest BCUT2D eigenvalue weighted by Crippen LogP contribution is -2.53. The monoisotopic (exact) mass is 364 g/mol. The van der Waals surface area contributed by atoms with Gasteiger partial charge in [0.05, 0.1) is 17.6 Å². The number of benzene rings is 2. The van der Waals surface area contributed by atoms with Crippen molar-refractivity contribution < 1.29 is 9.53 Å². The molecular weight excluding hydrogens is 344 g/mol. The van der Waals surface area contributed by atoms with E-state index in [2.05, 4.69) is 78.9 Å². The first-order chi connectivity index (χ1) is 13.8. The predicted octanol–water partition coefficient (Wildman–Crippen LogP) is 5.05. The summed E-state index contributed by atoms with van der Waals surface area (Å²) in [5, 5.41) is 2.64. The minimum Gasteiger partial charge on any atom is -0.364 e. The number of ketones is 1. The van der Waals surface area contributed by atoms with Crippen molar-refractivity contribution in [3.63, 3.8) is 0 Å². The number of hydrogen-bond acceptors (Lipinski definition) is 2. The fourth-order valence-electron chi connectivity index (χ4n) is 6.70. The van der Waals surface area contributed by atoms with Gasteiger partial charge in [0.1, 0.15) is 0 Å². The Bertz CT molecular complexity index is 1160. The van der Waals surface area contributed by atoms with Crippen LogP contribution < -0.4 is 0 Å². The Balaban J connectivity index is 1.51. The Morgan fingerprint density at radius 3 is 2.46 bits per heavy atom. The Hall–Kier alpha value is -2.71. The van der Waals surface area contributed by atoms with Crippen LogP contribution >= 0.6 is 0 Å². The lowest BCUT2D eigenvalue weighted by atomic mass is 9.60. The van der Waals surface area contributed by atoms with Gasteiger partial charge in [0.15, 0.2) is 5.78 Å². The second-order valence-corrected chi connectivity index (χ2v) is 8.73. The van der Waals surface area contributed by atoms with Crippen LogP contribution in [0.4, 0.5) is 0 Å². The molecule has 136 valence electrons. The topological polar surface area (TPSA) is 26.3 Å². The van der Waals surface area contributed by atoms with E-state index in [4.69, 9.17) is 4.74 Å². The van der Waals surface area contributed by atoms with E-state index in [0.717, 1.165) is 0 Å². The first-order valence-corrected chi connectivity index (χ1v) is 10.2. The standard InChI is InChI=1S/C26H20O2/c27-22-14-12-15-11-13-20(22)26-19(15)9-1-2-10-21(26)24-17-7-3-5-16-6-4-8-18(23(16)17)25(24)28-26/h1-15,19-21,24-25H/t15-,19-,20+,21+,24+,25+,26+/m1/s1. The van der Waals surface area contributed by atoms with Crippen molar-refractivity contribution in [3.05, 3.63) is 96.1 Å². The second kappa shape index (κ2) is 5.01. The largest absolute Gasteiger partial charge is 0.364 e. The maximum atomic E-state index is 13.1. The molecule has 1 heterocycles. The van der Waals surface area contributed by atoms with Crippen molar-refractivity contribution in [3.8, 4) is 0 Å². The zero-order chi connectivity index (χ0) is 18.5. The molecule has 2 aromatic rings. The summed E-state index contributed by atoms with van der Waals surface area (Å²) in [6, 6.07) is 13.2. The molecule has 2 aromatic carbocycles. The summed E-state index contributed by atoms with van der Waals surface area (Å²) in [6.07, 6.45) is 17.1. The lowest BCUT2D eigenvalue weighted by Gasteiger charge is -2.47. The highest BCUT2D eigenvalue weighted by Gasteiger charge is 2.66. The number of carbonyl (C=O) groups is 1. The van der Waals surface area contributed by atoms with Crippen LogP contribution in [-0.4, -0.2) is 11.4 Å². The van der Waals surface area contributed by atoms with Crippen LogP contribution in [0.2, 0.25) is 0 Å². The van der Waals surface area contributed by atoms with E-state index in [0.29, 0.717) is 0 Å². The molecule has 1 aliphatic heterocycles. The number of allylic oxidation sites excluding steroid dienone is 5. The van der Waals surface area contributed by atoms with E-state index in [-0.39, 0.29) is 41.5 Å². The van der Waals surface area contributed by atoms with Crippen LogP contribution in [0.5, 0.6) is 0 Å².